The molecule has 1 heterocycles. The van der Waals surface area contributed by atoms with Gasteiger partial charge in [-0.05, 0) is 49.9 Å². The van der Waals surface area contributed by atoms with E-state index < -0.39 is 11.7 Å². The lowest BCUT2D eigenvalue weighted by atomic mass is 10.0. The van der Waals surface area contributed by atoms with Crippen LogP contribution in [0.3, 0.4) is 0 Å². The van der Waals surface area contributed by atoms with Crippen molar-refractivity contribution < 1.29 is 13.2 Å². The maximum Gasteiger partial charge on any atom is 0.416 e. The number of nitrogens with zero attached hydrogens (tertiary/aromatic N) is 1. The van der Waals surface area contributed by atoms with Crippen LogP contribution in [0.2, 0.25) is 0 Å². The van der Waals surface area contributed by atoms with Crippen LogP contribution in [0.15, 0.2) is 24.3 Å². The van der Waals surface area contributed by atoms with Crippen molar-refractivity contribution in [2.24, 2.45) is 0 Å². The highest BCUT2D eigenvalue weighted by Gasteiger charge is 2.30. The van der Waals surface area contributed by atoms with Crippen molar-refractivity contribution in [3.05, 3.63) is 35.4 Å². The Kier molecular flexibility index (Phi) is 4.22. The Morgan fingerprint density at radius 1 is 1.05 bits per heavy atom. The second kappa shape index (κ2) is 5.97. The fourth-order valence-electron chi connectivity index (χ4n) is 2.98. The van der Waals surface area contributed by atoms with E-state index in [1.165, 1.54) is 31.4 Å². The van der Waals surface area contributed by atoms with Crippen LogP contribution in [0.1, 0.15) is 36.8 Å². The van der Waals surface area contributed by atoms with Crippen molar-refractivity contribution in [1.29, 1.82) is 0 Å². The number of benzene rings is 1. The summed E-state index contributed by atoms with van der Waals surface area (Å²) in [4.78, 5) is 2.34. The summed E-state index contributed by atoms with van der Waals surface area (Å²) in [6.45, 7) is 2.77. The molecule has 1 aromatic carbocycles. The van der Waals surface area contributed by atoms with Gasteiger partial charge in [0, 0.05) is 25.2 Å². The topological polar surface area (TPSA) is 15.3 Å². The average molecular weight is 298 g/mol. The predicted molar refractivity (Wildman–Crippen MR) is 75.9 cm³/mol. The van der Waals surface area contributed by atoms with E-state index in [-0.39, 0.29) is 0 Å². The molecule has 1 aliphatic heterocycles. The van der Waals surface area contributed by atoms with Crippen LogP contribution in [0.4, 0.5) is 13.2 Å². The first-order valence-corrected chi connectivity index (χ1v) is 7.65. The van der Waals surface area contributed by atoms with Crippen molar-refractivity contribution >= 4 is 0 Å². The second-order valence-electron chi connectivity index (χ2n) is 6.21. The molecule has 21 heavy (non-hydrogen) atoms. The Morgan fingerprint density at radius 3 is 2.38 bits per heavy atom. The number of nitrogens with one attached hydrogen (secondary N) is 1. The minimum absolute atomic E-state index is 0.542. The van der Waals surface area contributed by atoms with Gasteiger partial charge in [-0.1, -0.05) is 12.1 Å². The zero-order valence-corrected chi connectivity index (χ0v) is 12.0. The summed E-state index contributed by atoms with van der Waals surface area (Å²) in [7, 11) is 0. The molecular formula is C16H21F3N2. The molecule has 1 N–H and O–H groups in total. The third-order valence-electron chi connectivity index (χ3n) is 4.24. The lowest BCUT2D eigenvalue weighted by Crippen LogP contribution is -2.46. The number of piperidine rings is 1. The number of likely N-dealkylation sites (tertiary alicyclic amines) is 1. The highest BCUT2D eigenvalue weighted by molar-refractivity contribution is 5.24. The van der Waals surface area contributed by atoms with Gasteiger partial charge in [0.15, 0.2) is 0 Å². The third-order valence-corrected chi connectivity index (χ3v) is 4.24. The van der Waals surface area contributed by atoms with Gasteiger partial charge in [0.2, 0.25) is 0 Å². The van der Waals surface area contributed by atoms with E-state index in [0.717, 1.165) is 31.6 Å². The van der Waals surface area contributed by atoms with Gasteiger partial charge >= 0.3 is 6.18 Å². The number of hydrogen-bond donors (Lipinski definition) is 1. The zero-order chi connectivity index (χ0) is 14.9. The summed E-state index contributed by atoms with van der Waals surface area (Å²) in [5, 5.41) is 3.65. The summed E-state index contributed by atoms with van der Waals surface area (Å²) >= 11 is 0. The molecule has 0 amide bonds. The molecule has 1 saturated heterocycles. The maximum absolute atomic E-state index is 12.5. The Balaban J connectivity index is 1.55. The largest absolute Gasteiger partial charge is 0.416 e. The zero-order valence-electron chi connectivity index (χ0n) is 12.0. The minimum Gasteiger partial charge on any atom is -0.310 e. The summed E-state index contributed by atoms with van der Waals surface area (Å²) in [6, 6.07) is 6.81. The van der Waals surface area contributed by atoms with Gasteiger partial charge in [-0.15, -0.1) is 0 Å². The smallest absolute Gasteiger partial charge is 0.310 e. The van der Waals surface area contributed by atoms with E-state index in [9.17, 15) is 13.2 Å². The summed E-state index contributed by atoms with van der Waals surface area (Å²) in [6.07, 6.45) is 0.693. The molecular weight excluding hydrogens is 277 g/mol. The molecule has 0 aromatic heterocycles. The molecule has 1 aromatic rings. The quantitative estimate of drug-likeness (QED) is 0.916. The highest BCUT2D eigenvalue weighted by Crippen LogP contribution is 2.29. The molecule has 1 aliphatic carbocycles. The van der Waals surface area contributed by atoms with Crippen LogP contribution in [-0.4, -0.2) is 30.1 Å². The number of rotatable bonds is 4. The summed E-state index contributed by atoms with van der Waals surface area (Å²) in [5.41, 5.74) is 0.383. The third kappa shape index (κ3) is 4.20. The van der Waals surface area contributed by atoms with Crippen LogP contribution >= 0.6 is 0 Å². The minimum atomic E-state index is -4.25. The Hall–Kier alpha value is -1.07. The molecule has 2 aliphatic rings. The number of halogens is 3. The molecule has 5 heteroatoms. The summed E-state index contributed by atoms with van der Waals surface area (Å²) in [5.74, 6) is 0. The Morgan fingerprint density at radius 2 is 1.76 bits per heavy atom. The molecule has 0 radical (unpaired) electrons. The standard InChI is InChI=1S/C16H21F3N2/c17-16(18,19)13-5-3-12(4-6-13)10-21-9-1-2-15(11-21)20-14-7-8-14/h3-6,14-15,20H,1-2,7-11H2. The van der Waals surface area contributed by atoms with Crippen molar-refractivity contribution in [3.8, 4) is 0 Å². The van der Waals surface area contributed by atoms with E-state index >= 15 is 0 Å². The highest BCUT2D eigenvalue weighted by atomic mass is 19.4. The Labute approximate surface area is 123 Å². The first kappa shape index (κ1) is 14.9. The molecule has 3 rings (SSSR count). The molecule has 1 saturated carbocycles. The molecule has 116 valence electrons. The van der Waals surface area contributed by atoms with Gasteiger partial charge in [-0.3, -0.25) is 4.90 Å². The van der Waals surface area contributed by atoms with Crippen LogP contribution < -0.4 is 5.32 Å². The number of alkyl halides is 3. The van der Waals surface area contributed by atoms with Crippen molar-refractivity contribution in [2.75, 3.05) is 13.1 Å². The van der Waals surface area contributed by atoms with Gasteiger partial charge < -0.3 is 5.32 Å². The lowest BCUT2D eigenvalue weighted by Gasteiger charge is -2.33. The first-order chi connectivity index (χ1) is 10.0. The molecule has 0 spiro atoms. The lowest BCUT2D eigenvalue weighted by molar-refractivity contribution is -0.137. The van der Waals surface area contributed by atoms with Crippen molar-refractivity contribution in [1.82, 2.24) is 10.2 Å². The average Bonchev–Trinajstić information content (AvgIpc) is 3.23. The van der Waals surface area contributed by atoms with E-state index in [1.54, 1.807) is 12.1 Å². The normalized spacial score (nSPS) is 24.2. The SMILES string of the molecule is FC(F)(F)c1ccc(CN2CCCC(NC3CC3)C2)cc1. The predicted octanol–water partition coefficient (Wildman–Crippen LogP) is 3.42. The fourth-order valence-corrected chi connectivity index (χ4v) is 2.98. The van der Waals surface area contributed by atoms with Crippen molar-refractivity contribution in [3.63, 3.8) is 0 Å². The van der Waals surface area contributed by atoms with Gasteiger partial charge in [-0.25, -0.2) is 0 Å². The van der Waals surface area contributed by atoms with Crippen LogP contribution in [0.25, 0.3) is 0 Å². The van der Waals surface area contributed by atoms with E-state index in [1.807, 2.05) is 0 Å². The molecule has 2 fully saturated rings. The van der Waals surface area contributed by atoms with E-state index in [4.69, 9.17) is 0 Å². The van der Waals surface area contributed by atoms with Crippen LogP contribution in [-0.2, 0) is 12.7 Å². The maximum atomic E-state index is 12.5. The number of hydrogen-bond acceptors (Lipinski definition) is 2. The van der Waals surface area contributed by atoms with Crippen LogP contribution in [0, 0.1) is 0 Å². The van der Waals surface area contributed by atoms with Gasteiger partial charge in [-0.2, -0.15) is 13.2 Å². The van der Waals surface area contributed by atoms with E-state index in [2.05, 4.69) is 10.2 Å². The van der Waals surface area contributed by atoms with Gasteiger partial charge in [0.1, 0.15) is 0 Å². The van der Waals surface area contributed by atoms with Crippen LogP contribution in [0.5, 0.6) is 0 Å². The fraction of sp³-hybridized carbons (Fsp3) is 0.625. The van der Waals surface area contributed by atoms with Gasteiger partial charge in [0.05, 0.1) is 5.56 Å². The Bertz CT molecular complexity index is 465. The summed E-state index contributed by atoms with van der Waals surface area (Å²) < 4.78 is 37.6. The molecule has 1 unspecified atom stereocenters. The van der Waals surface area contributed by atoms with Crippen molar-refractivity contribution in [2.45, 2.75) is 50.5 Å². The first-order valence-electron chi connectivity index (χ1n) is 7.65. The van der Waals surface area contributed by atoms with Gasteiger partial charge in [0.25, 0.3) is 0 Å². The monoisotopic (exact) mass is 298 g/mol. The molecule has 0 bridgehead atoms. The molecule has 2 nitrogen and oxygen atoms in total. The van der Waals surface area contributed by atoms with E-state index in [0.29, 0.717) is 12.1 Å². The molecule has 1 atom stereocenters. The second-order valence-corrected chi connectivity index (χ2v) is 6.21.